The first-order valence-electron chi connectivity index (χ1n) is 8.58. The van der Waals surface area contributed by atoms with Gasteiger partial charge in [0, 0.05) is 32.5 Å². The van der Waals surface area contributed by atoms with Gasteiger partial charge in [0.25, 0.3) is 0 Å². The first-order chi connectivity index (χ1) is 12.1. The summed E-state index contributed by atoms with van der Waals surface area (Å²) in [6.07, 6.45) is 0. The summed E-state index contributed by atoms with van der Waals surface area (Å²) in [5, 5.41) is 2.07. The average Bonchev–Trinajstić information content (AvgIpc) is 3.11. The van der Waals surface area contributed by atoms with E-state index < -0.39 is 0 Å². The van der Waals surface area contributed by atoms with Crippen LogP contribution in [0.3, 0.4) is 0 Å². The van der Waals surface area contributed by atoms with Gasteiger partial charge in [-0.3, -0.25) is 0 Å². The van der Waals surface area contributed by atoms with Gasteiger partial charge in [-0.25, -0.2) is 0 Å². The maximum absolute atomic E-state index is 6.15. The highest BCUT2D eigenvalue weighted by molar-refractivity contribution is 6.30. The molecule has 1 N–H and O–H groups in total. The predicted molar refractivity (Wildman–Crippen MR) is 105 cm³/mol. The number of fused-ring (bicyclic) bond motifs is 5. The fraction of sp³-hybridized carbons (Fsp3) is 0.130. The molecule has 0 bridgehead atoms. The van der Waals surface area contributed by atoms with Crippen molar-refractivity contribution in [1.82, 2.24) is 4.98 Å². The quantitative estimate of drug-likeness (QED) is 0.408. The Kier molecular flexibility index (Phi) is 2.96. The summed E-state index contributed by atoms with van der Waals surface area (Å²) >= 11 is 6.15. The van der Waals surface area contributed by atoms with Crippen molar-refractivity contribution >= 4 is 22.5 Å². The number of nitrogens with one attached hydrogen (secondary N) is 1. The summed E-state index contributed by atoms with van der Waals surface area (Å²) in [7, 11) is 0. The minimum Gasteiger partial charge on any atom is -0.354 e. The number of halogens is 1. The maximum Gasteiger partial charge on any atom is 0.0513 e. The van der Waals surface area contributed by atoms with E-state index in [1.54, 1.807) is 0 Å². The zero-order chi connectivity index (χ0) is 17.2. The number of benzene rings is 3. The lowest BCUT2D eigenvalue weighted by atomic mass is 9.73. The Labute approximate surface area is 152 Å². The third-order valence-corrected chi connectivity index (χ3v) is 5.86. The van der Waals surface area contributed by atoms with E-state index in [2.05, 4.69) is 73.4 Å². The zero-order valence-electron chi connectivity index (χ0n) is 14.2. The minimum absolute atomic E-state index is 0.192. The molecule has 5 rings (SSSR count). The summed E-state index contributed by atoms with van der Waals surface area (Å²) < 4.78 is 0. The van der Waals surface area contributed by atoms with E-state index in [1.165, 1.54) is 44.4 Å². The van der Waals surface area contributed by atoms with Crippen LogP contribution in [0.5, 0.6) is 0 Å². The van der Waals surface area contributed by atoms with E-state index in [9.17, 15) is 0 Å². The van der Waals surface area contributed by atoms with Crippen LogP contribution in [0, 0.1) is 6.92 Å². The van der Waals surface area contributed by atoms with E-state index in [0.717, 1.165) is 5.02 Å². The number of rotatable bonds is 1. The normalized spacial score (nSPS) is 18.4. The van der Waals surface area contributed by atoms with Crippen molar-refractivity contribution in [3.05, 3.63) is 94.0 Å². The van der Waals surface area contributed by atoms with Gasteiger partial charge in [-0.15, -0.1) is 0 Å². The average molecular weight is 344 g/mol. The molecule has 1 aliphatic rings. The Morgan fingerprint density at radius 2 is 1.68 bits per heavy atom. The van der Waals surface area contributed by atoms with Crippen LogP contribution in [0.1, 0.15) is 29.2 Å². The monoisotopic (exact) mass is 343 g/mol. The largest absolute Gasteiger partial charge is 0.354 e. The predicted octanol–water partition coefficient (Wildman–Crippen LogP) is 6.46. The number of hydrogen-bond donors (Lipinski definition) is 1. The van der Waals surface area contributed by atoms with Crippen LogP contribution >= 0.6 is 11.6 Å². The Hall–Kier alpha value is -2.51. The zero-order valence-corrected chi connectivity index (χ0v) is 15.0. The second kappa shape index (κ2) is 5.00. The van der Waals surface area contributed by atoms with Crippen LogP contribution in [0.15, 0.2) is 66.7 Å². The molecule has 25 heavy (non-hydrogen) atoms. The fourth-order valence-electron chi connectivity index (χ4n) is 4.38. The molecule has 1 heterocycles. The lowest BCUT2D eigenvalue weighted by Gasteiger charge is -2.28. The first-order valence-corrected chi connectivity index (χ1v) is 8.95. The molecule has 122 valence electrons. The lowest BCUT2D eigenvalue weighted by molar-refractivity contribution is 0.720. The molecule has 1 nitrogen and oxygen atoms in total. The molecular formula is C23H18ClN. The Morgan fingerprint density at radius 1 is 0.920 bits per heavy atom. The van der Waals surface area contributed by atoms with Gasteiger partial charge in [0.1, 0.15) is 0 Å². The summed E-state index contributed by atoms with van der Waals surface area (Å²) in [6, 6.07) is 23.7. The van der Waals surface area contributed by atoms with Gasteiger partial charge in [-0.1, -0.05) is 59.6 Å². The smallest absolute Gasteiger partial charge is 0.0513 e. The van der Waals surface area contributed by atoms with E-state index in [0.29, 0.717) is 0 Å². The van der Waals surface area contributed by atoms with E-state index in [4.69, 9.17) is 11.6 Å². The maximum atomic E-state index is 6.15. The number of aromatic nitrogens is 1. The Bertz CT molecular complexity index is 1120. The van der Waals surface area contributed by atoms with Crippen molar-refractivity contribution in [1.29, 1.82) is 0 Å². The summed E-state index contributed by atoms with van der Waals surface area (Å²) in [5.41, 5.74) is 8.83. The van der Waals surface area contributed by atoms with Crippen molar-refractivity contribution in [3.8, 4) is 11.3 Å². The summed E-state index contributed by atoms with van der Waals surface area (Å²) in [5.74, 6) is 0. The van der Waals surface area contributed by atoms with Crippen LogP contribution in [0.2, 0.25) is 5.02 Å². The van der Waals surface area contributed by atoms with E-state index in [-0.39, 0.29) is 5.41 Å². The molecule has 4 aromatic rings. The Morgan fingerprint density at radius 3 is 2.48 bits per heavy atom. The fourth-order valence-corrected chi connectivity index (χ4v) is 4.51. The molecule has 2 heteroatoms. The van der Waals surface area contributed by atoms with Gasteiger partial charge in [-0.2, -0.15) is 0 Å². The third-order valence-electron chi connectivity index (χ3n) is 5.61. The van der Waals surface area contributed by atoms with Crippen molar-refractivity contribution in [3.63, 3.8) is 0 Å². The molecule has 0 saturated carbocycles. The molecule has 0 radical (unpaired) electrons. The second-order valence-corrected chi connectivity index (χ2v) is 7.54. The Balaban J connectivity index is 1.93. The molecule has 0 fully saturated rings. The van der Waals surface area contributed by atoms with Crippen LogP contribution in [0.25, 0.3) is 22.2 Å². The van der Waals surface area contributed by atoms with Crippen LogP contribution in [-0.2, 0) is 5.41 Å². The lowest BCUT2D eigenvalue weighted by Crippen LogP contribution is -2.22. The molecule has 1 atom stereocenters. The van der Waals surface area contributed by atoms with Gasteiger partial charge in [0.15, 0.2) is 0 Å². The highest BCUT2D eigenvalue weighted by atomic mass is 35.5. The molecule has 1 aromatic heterocycles. The summed E-state index contributed by atoms with van der Waals surface area (Å²) in [6.45, 7) is 4.48. The number of H-pyrrole nitrogens is 1. The number of hydrogen-bond acceptors (Lipinski definition) is 0. The first kappa shape index (κ1) is 14.8. The van der Waals surface area contributed by atoms with Crippen molar-refractivity contribution in [2.24, 2.45) is 0 Å². The van der Waals surface area contributed by atoms with Crippen molar-refractivity contribution < 1.29 is 0 Å². The highest BCUT2D eigenvalue weighted by Crippen LogP contribution is 2.54. The van der Waals surface area contributed by atoms with Crippen LogP contribution < -0.4 is 0 Å². The van der Waals surface area contributed by atoms with Crippen LogP contribution in [-0.4, -0.2) is 4.98 Å². The van der Waals surface area contributed by atoms with E-state index in [1.807, 2.05) is 12.1 Å². The van der Waals surface area contributed by atoms with Gasteiger partial charge in [0.05, 0.1) is 5.69 Å². The molecule has 1 unspecified atom stereocenters. The minimum atomic E-state index is -0.192. The third kappa shape index (κ3) is 1.90. The molecule has 0 aliphatic heterocycles. The van der Waals surface area contributed by atoms with Crippen molar-refractivity contribution in [2.75, 3.05) is 0 Å². The SMILES string of the molecule is Cc1ccc2c(c1)-c1[nH]c3ccccc3c1C2(C)c1ccc(Cl)cc1. The second-order valence-electron chi connectivity index (χ2n) is 7.10. The number of para-hydroxylation sites is 1. The van der Waals surface area contributed by atoms with Gasteiger partial charge < -0.3 is 4.98 Å². The van der Waals surface area contributed by atoms with Crippen LogP contribution in [0.4, 0.5) is 0 Å². The molecule has 3 aromatic carbocycles. The molecule has 0 spiro atoms. The van der Waals surface area contributed by atoms with Crippen molar-refractivity contribution in [2.45, 2.75) is 19.3 Å². The van der Waals surface area contributed by atoms with Gasteiger partial charge in [0.2, 0.25) is 0 Å². The van der Waals surface area contributed by atoms with Gasteiger partial charge in [-0.05, 0) is 49.2 Å². The molecule has 0 saturated heterocycles. The van der Waals surface area contributed by atoms with Gasteiger partial charge >= 0.3 is 0 Å². The molecular weight excluding hydrogens is 326 g/mol. The number of aryl methyl sites for hydroxylation is 1. The molecule has 0 amide bonds. The summed E-state index contributed by atoms with van der Waals surface area (Å²) in [4.78, 5) is 3.67. The number of aromatic amines is 1. The standard InChI is InChI=1S/C23H18ClN/c1-14-7-12-19-18(13-14)22-21(17-5-3-4-6-20(17)25-22)23(19,2)15-8-10-16(24)11-9-15/h3-13,25H,1-2H3. The molecule has 1 aliphatic carbocycles. The highest BCUT2D eigenvalue weighted by Gasteiger charge is 2.43. The topological polar surface area (TPSA) is 15.8 Å². The van der Waals surface area contributed by atoms with E-state index >= 15 is 0 Å².